The predicted molar refractivity (Wildman–Crippen MR) is 109 cm³/mol. The molecule has 0 bridgehead atoms. The summed E-state index contributed by atoms with van der Waals surface area (Å²) in [6, 6.07) is 16.6. The van der Waals surface area contributed by atoms with Crippen molar-refractivity contribution in [3.8, 4) is 11.4 Å². The fourth-order valence-corrected chi connectivity index (χ4v) is 3.02. The van der Waals surface area contributed by atoms with Crippen LogP contribution in [0.1, 0.15) is 6.92 Å². The maximum atomic E-state index is 12.8. The van der Waals surface area contributed by atoms with E-state index in [0.29, 0.717) is 29.1 Å². The standard InChI is InChI=1S/C21H19N5O3/c1-2-29-18-11-7-6-10-17(18)24-19(27)13-25-14-22-20-16(21(25)28)12-23-26(20)15-8-4-3-5-9-15/h3-12,14H,2,13H2,1H3,(H,24,27). The number of fused-ring (bicyclic) bond motifs is 1. The van der Waals surface area contributed by atoms with Gasteiger partial charge in [0.2, 0.25) is 5.91 Å². The van der Waals surface area contributed by atoms with Gasteiger partial charge in [0.25, 0.3) is 5.56 Å². The molecule has 146 valence electrons. The zero-order valence-corrected chi connectivity index (χ0v) is 15.8. The second kappa shape index (κ2) is 7.97. The number of nitrogens with one attached hydrogen (secondary N) is 1. The van der Waals surface area contributed by atoms with Crippen molar-refractivity contribution in [1.29, 1.82) is 0 Å². The molecular weight excluding hydrogens is 370 g/mol. The number of ether oxygens (including phenoxy) is 1. The lowest BCUT2D eigenvalue weighted by molar-refractivity contribution is -0.116. The van der Waals surface area contributed by atoms with E-state index in [9.17, 15) is 9.59 Å². The summed E-state index contributed by atoms with van der Waals surface area (Å²) in [6.07, 6.45) is 2.83. The first-order valence-electron chi connectivity index (χ1n) is 9.17. The zero-order valence-electron chi connectivity index (χ0n) is 15.8. The maximum Gasteiger partial charge on any atom is 0.264 e. The van der Waals surface area contributed by atoms with Crippen molar-refractivity contribution in [3.05, 3.63) is 77.5 Å². The molecule has 0 aliphatic rings. The smallest absolute Gasteiger partial charge is 0.264 e. The first kappa shape index (κ1) is 18.4. The molecule has 1 N–H and O–H groups in total. The quantitative estimate of drug-likeness (QED) is 0.547. The second-order valence-electron chi connectivity index (χ2n) is 6.28. The number of anilines is 1. The SMILES string of the molecule is CCOc1ccccc1NC(=O)Cn1cnc2c(cnn2-c2ccccc2)c1=O. The van der Waals surface area contributed by atoms with Gasteiger partial charge in [-0.05, 0) is 31.2 Å². The van der Waals surface area contributed by atoms with Gasteiger partial charge in [-0.3, -0.25) is 14.2 Å². The topological polar surface area (TPSA) is 91.0 Å². The van der Waals surface area contributed by atoms with Crippen LogP contribution in [0.4, 0.5) is 5.69 Å². The Morgan fingerprint density at radius 1 is 1.10 bits per heavy atom. The monoisotopic (exact) mass is 389 g/mol. The Morgan fingerprint density at radius 2 is 1.86 bits per heavy atom. The lowest BCUT2D eigenvalue weighted by atomic mass is 10.3. The summed E-state index contributed by atoms with van der Waals surface area (Å²) < 4.78 is 8.37. The average molecular weight is 389 g/mol. The van der Waals surface area contributed by atoms with Crippen LogP contribution in [0.3, 0.4) is 0 Å². The molecule has 0 fully saturated rings. The molecular formula is C21H19N5O3. The average Bonchev–Trinajstić information content (AvgIpc) is 3.17. The summed E-state index contributed by atoms with van der Waals surface area (Å²) in [7, 11) is 0. The van der Waals surface area contributed by atoms with Crippen molar-refractivity contribution in [1.82, 2.24) is 19.3 Å². The largest absolute Gasteiger partial charge is 0.492 e. The Labute approximate surface area is 166 Å². The highest BCUT2D eigenvalue weighted by molar-refractivity contribution is 5.92. The number of nitrogens with zero attached hydrogens (tertiary/aromatic N) is 4. The molecule has 4 rings (SSSR count). The van der Waals surface area contributed by atoms with Crippen molar-refractivity contribution in [3.63, 3.8) is 0 Å². The highest BCUT2D eigenvalue weighted by Gasteiger charge is 2.14. The fraction of sp³-hybridized carbons (Fsp3) is 0.143. The van der Waals surface area contributed by atoms with Gasteiger partial charge in [0.05, 0.1) is 24.2 Å². The molecule has 0 atom stereocenters. The van der Waals surface area contributed by atoms with Crippen molar-refractivity contribution >= 4 is 22.6 Å². The lowest BCUT2D eigenvalue weighted by Crippen LogP contribution is -2.28. The van der Waals surface area contributed by atoms with E-state index in [1.165, 1.54) is 17.1 Å². The van der Waals surface area contributed by atoms with Gasteiger partial charge in [-0.25, -0.2) is 9.67 Å². The molecule has 29 heavy (non-hydrogen) atoms. The second-order valence-corrected chi connectivity index (χ2v) is 6.28. The number of para-hydroxylation sites is 3. The number of hydrogen-bond donors (Lipinski definition) is 1. The summed E-state index contributed by atoms with van der Waals surface area (Å²) in [5.74, 6) is 0.226. The van der Waals surface area contributed by atoms with E-state index >= 15 is 0 Å². The molecule has 4 aromatic rings. The molecule has 0 aliphatic carbocycles. The number of carbonyl (C=O) groups is 1. The summed E-state index contributed by atoms with van der Waals surface area (Å²) >= 11 is 0. The normalized spacial score (nSPS) is 10.8. The van der Waals surface area contributed by atoms with E-state index in [4.69, 9.17) is 4.74 Å². The maximum absolute atomic E-state index is 12.8. The number of hydrogen-bond acceptors (Lipinski definition) is 5. The van der Waals surface area contributed by atoms with Gasteiger partial charge in [-0.15, -0.1) is 0 Å². The van der Waals surface area contributed by atoms with Crippen molar-refractivity contribution in [2.75, 3.05) is 11.9 Å². The third kappa shape index (κ3) is 3.73. The van der Waals surface area contributed by atoms with Crippen LogP contribution < -0.4 is 15.6 Å². The molecule has 8 nitrogen and oxygen atoms in total. The van der Waals surface area contributed by atoms with Crippen LogP contribution in [0, 0.1) is 0 Å². The lowest BCUT2D eigenvalue weighted by Gasteiger charge is -2.12. The van der Waals surface area contributed by atoms with Crippen LogP contribution in [0.25, 0.3) is 16.7 Å². The number of amides is 1. The Bertz CT molecular complexity index is 1210. The number of carbonyl (C=O) groups excluding carboxylic acids is 1. The van der Waals surface area contributed by atoms with Crippen LogP contribution in [-0.4, -0.2) is 31.8 Å². The molecule has 2 heterocycles. The van der Waals surface area contributed by atoms with Crippen molar-refractivity contribution in [2.45, 2.75) is 13.5 Å². The van der Waals surface area contributed by atoms with E-state index in [0.717, 1.165) is 5.69 Å². The van der Waals surface area contributed by atoms with E-state index in [1.54, 1.807) is 22.9 Å². The van der Waals surface area contributed by atoms with Crippen LogP contribution >= 0.6 is 0 Å². The summed E-state index contributed by atoms with van der Waals surface area (Å²) in [4.78, 5) is 29.6. The Kier molecular flexibility index (Phi) is 5.07. The van der Waals surface area contributed by atoms with Gasteiger partial charge in [0.15, 0.2) is 5.65 Å². The van der Waals surface area contributed by atoms with Gasteiger partial charge >= 0.3 is 0 Å². The molecule has 0 radical (unpaired) electrons. The molecule has 0 saturated carbocycles. The molecule has 0 aliphatic heterocycles. The third-order valence-corrected chi connectivity index (χ3v) is 4.33. The van der Waals surface area contributed by atoms with E-state index in [2.05, 4.69) is 15.4 Å². The molecule has 0 spiro atoms. The van der Waals surface area contributed by atoms with Crippen molar-refractivity contribution < 1.29 is 9.53 Å². The molecule has 0 unspecified atom stereocenters. The highest BCUT2D eigenvalue weighted by atomic mass is 16.5. The van der Waals surface area contributed by atoms with E-state index < -0.39 is 0 Å². The third-order valence-electron chi connectivity index (χ3n) is 4.33. The number of aromatic nitrogens is 4. The Balaban J connectivity index is 1.58. The Morgan fingerprint density at radius 3 is 2.66 bits per heavy atom. The van der Waals surface area contributed by atoms with Gasteiger partial charge in [0.1, 0.15) is 24.0 Å². The summed E-state index contributed by atoms with van der Waals surface area (Å²) in [6.45, 7) is 2.19. The molecule has 1 amide bonds. The first-order chi connectivity index (χ1) is 14.2. The van der Waals surface area contributed by atoms with E-state index in [-0.39, 0.29) is 18.0 Å². The fourth-order valence-electron chi connectivity index (χ4n) is 3.02. The minimum atomic E-state index is -0.351. The van der Waals surface area contributed by atoms with Gasteiger partial charge in [-0.2, -0.15) is 5.10 Å². The van der Waals surface area contributed by atoms with Crippen molar-refractivity contribution in [2.24, 2.45) is 0 Å². The first-order valence-corrected chi connectivity index (χ1v) is 9.17. The minimum Gasteiger partial charge on any atom is -0.492 e. The number of benzene rings is 2. The Hall–Kier alpha value is -3.94. The highest BCUT2D eigenvalue weighted by Crippen LogP contribution is 2.23. The van der Waals surface area contributed by atoms with Crippen LogP contribution in [-0.2, 0) is 11.3 Å². The van der Waals surface area contributed by atoms with Crippen LogP contribution in [0.15, 0.2) is 71.9 Å². The summed E-state index contributed by atoms with van der Waals surface area (Å²) in [5, 5.41) is 7.39. The summed E-state index contributed by atoms with van der Waals surface area (Å²) in [5.41, 5.74) is 1.47. The minimum absolute atomic E-state index is 0.168. The molecule has 2 aromatic carbocycles. The van der Waals surface area contributed by atoms with Gasteiger partial charge in [-0.1, -0.05) is 30.3 Å². The van der Waals surface area contributed by atoms with Crippen LogP contribution in [0.5, 0.6) is 5.75 Å². The van der Waals surface area contributed by atoms with Gasteiger partial charge in [0, 0.05) is 0 Å². The molecule has 0 saturated heterocycles. The van der Waals surface area contributed by atoms with Crippen LogP contribution in [0.2, 0.25) is 0 Å². The number of rotatable bonds is 6. The van der Waals surface area contributed by atoms with Gasteiger partial charge < -0.3 is 10.1 Å². The predicted octanol–water partition coefficient (Wildman–Crippen LogP) is 2.62. The zero-order chi connectivity index (χ0) is 20.2. The molecule has 2 aromatic heterocycles. The molecule has 8 heteroatoms. The van der Waals surface area contributed by atoms with E-state index in [1.807, 2.05) is 43.3 Å².